The molecule has 0 saturated heterocycles. The lowest BCUT2D eigenvalue weighted by molar-refractivity contribution is -0.118. The van der Waals surface area contributed by atoms with E-state index >= 15 is 0 Å². The number of hydrogen-bond acceptors (Lipinski definition) is 6. The maximum atomic E-state index is 13.1. The van der Waals surface area contributed by atoms with Gasteiger partial charge in [0.1, 0.15) is 17.3 Å². The highest BCUT2D eigenvalue weighted by Crippen LogP contribution is 2.48. The molecule has 1 atom stereocenters. The van der Waals surface area contributed by atoms with E-state index in [-0.39, 0.29) is 11.2 Å². The van der Waals surface area contributed by atoms with Gasteiger partial charge in [-0.05, 0) is 43.9 Å². The minimum atomic E-state index is -0.563. The molecule has 1 heterocycles. The van der Waals surface area contributed by atoms with E-state index in [0.717, 1.165) is 11.3 Å². The summed E-state index contributed by atoms with van der Waals surface area (Å²) >= 11 is 0. The zero-order chi connectivity index (χ0) is 20.5. The first kappa shape index (κ1) is 19.8. The fraction of sp³-hybridized carbons (Fsp3) is 0.455. The Labute approximate surface area is 166 Å². The second-order valence-electron chi connectivity index (χ2n) is 7.90. The van der Waals surface area contributed by atoms with Gasteiger partial charge in [-0.1, -0.05) is 13.8 Å². The minimum Gasteiger partial charge on any atom is -0.494 e. The molecule has 0 unspecified atom stereocenters. The second kappa shape index (κ2) is 7.59. The minimum absolute atomic E-state index is 0.0354. The number of rotatable bonds is 5. The van der Waals surface area contributed by atoms with Crippen molar-refractivity contribution in [1.29, 1.82) is 5.26 Å². The van der Waals surface area contributed by atoms with E-state index in [1.807, 2.05) is 32.0 Å². The van der Waals surface area contributed by atoms with Crippen LogP contribution >= 0.6 is 0 Å². The van der Waals surface area contributed by atoms with Crippen molar-refractivity contribution in [3.63, 3.8) is 0 Å². The number of carbonyl (C=O) groups is 1. The van der Waals surface area contributed by atoms with Crippen LogP contribution in [0.1, 0.15) is 52.0 Å². The van der Waals surface area contributed by atoms with Crippen LogP contribution in [0.5, 0.6) is 11.5 Å². The van der Waals surface area contributed by atoms with Gasteiger partial charge in [-0.15, -0.1) is 0 Å². The van der Waals surface area contributed by atoms with Crippen molar-refractivity contribution in [2.24, 2.45) is 11.1 Å². The smallest absolute Gasteiger partial charge is 0.162 e. The summed E-state index contributed by atoms with van der Waals surface area (Å²) < 4.78 is 11.5. The first-order valence-corrected chi connectivity index (χ1v) is 9.63. The number of ether oxygens (including phenoxy) is 2. The lowest BCUT2D eigenvalue weighted by Gasteiger charge is -2.38. The molecular weight excluding hydrogens is 354 g/mol. The summed E-state index contributed by atoms with van der Waals surface area (Å²) in [6.45, 7) is 8.92. The van der Waals surface area contributed by atoms with E-state index in [1.54, 1.807) is 0 Å². The number of benzene rings is 1. The molecule has 1 aliphatic heterocycles. The van der Waals surface area contributed by atoms with Crippen LogP contribution < -0.4 is 20.5 Å². The Morgan fingerprint density at radius 3 is 2.61 bits per heavy atom. The molecular formula is C22H27N3O3. The van der Waals surface area contributed by atoms with Crippen molar-refractivity contribution < 1.29 is 14.3 Å². The molecule has 6 nitrogen and oxygen atoms in total. The van der Waals surface area contributed by atoms with E-state index in [9.17, 15) is 10.1 Å². The van der Waals surface area contributed by atoms with Crippen LogP contribution in [-0.2, 0) is 4.79 Å². The maximum Gasteiger partial charge on any atom is 0.162 e. The number of ketones is 1. The van der Waals surface area contributed by atoms with Gasteiger partial charge < -0.3 is 20.5 Å². The molecule has 6 heteroatoms. The standard InChI is InChI=1S/C22H27N3O3/c1-5-27-13-7-8-18(28-6-2)14(9-13)19-15(12-23)21(24)25-16-10-22(3,4)11-17(26)20(16)19/h7-9,19,25H,5-6,10-11,24H2,1-4H3/t19-/m0/s1. The number of nitrogens with one attached hydrogen (secondary N) is 1. The van der Waals surface area contributed by atoms with Gasteiger partial charge in [0.05, 0.1) is 30.8 Å². The summed E-state index contributed by atoms with van der Waals surface area (Å²) in [6, 6.07) is 7.72. The van der Waals surface area contributed by atoms with Crippen LogP contribution in [0.15, 0.2) is 40.9 Å². The number of allylic oxidation sites excluding steroid dienone is 3. The number of nitrogens with two attached hydrogens (primary N) is 1. The van der Waals surface area contributed by atoms with Crippen LogP contribution in [0.25, 0.3) is 0 Å². The van der Waals surface area contributed by atoms with Gasteiger partial charge in [-0.25, -0.2) is 0 Å². The zero-order valence-corrected chi connectivity index (χ0v) is 16.9. The quantitative estimate of drug-likeness (QED) is 0.810. The molecule has 1 aliphatic carbocycles. The summed E-state index contributed by atoms with van der Waals surface area (Å²) in [4.78, 5) is 13.1. The lowest BCUT2D eigenvalue weighted by atomic mass is 9.69. The number of carbonyl (C=O) groups excluding carboxylic acids is 1. The van der Waals surface area contributed by atoms with Crippen molar-refractivity contribution >= 4 is 5.78 Å². The van der Waals surface area contributed by atoms with Gasteiger partial charge in [0.25, 0.3) is 0 Å². The number of hydrogen-bond donors (Lipinski definition) is 2. The SMILES string of the molecule is CCOc1ccc(OCC)c([C@H]2C(C#N)=C(N)NC3=C2C(=O)CC(C)(C)C3)c1. The topological polar surface area (TPSA) is 97.4 Å². The Bertz CT molecular complexity index is 906. The predicted molar refractivity (Wildman–Crippen MR) is 107 cm³/mol. The normalized spacial score (nSPS) is 21.0. The maximum absolute atomic E-state index is 13.1. The average Bonchev–Trinajstić information content (AvgIpc) is 2.61. The van der Waals surface area contributed by atoms with Crippen molar-refractivity contribution in [3.8, 4) is 17.6 Å². The van der Waals surface area contributed by atoms with Crippen molar-refractivity contribution in [2.75, 3.05) is 13.2 Å². The largest absolute Gasteiger partial charge is 0.494 e. The molecule has 2 aliphatic rings. The average molecular weight is 381 g/mol. The third-order valence-corrected chi connectivity index (χ3v) is 5.10. The zero-order valence-electron chi connectivity index (χ0n) is 16.9. The van der Waals surface area contributed by atoms with Crippen molar-refractivity contribution in [2.45, 2.75) is 46.5 Å². The van der Waals surface area contributed by atoms with Crippen molar-refractivity contribution in [3.05, 3.63) is 46.4 Å². The molecule has 1 aromatic carbocycles. The monoisotopic (exact) mass is 381 g/mol. The molecule has 1 aromatic rings. The van der Waals surface area contributed by atoms with E-state index < -0.39 is 5.92 Å². The summed E-state index contributed by atoms with van der Waals surface area (Å²) in [5, 5.41) is 12.9. The van der Waals surface area contributed by atoms with E-state index in [2.05, 4.69) is 25.2 Å². The van der Waals surface area contributed by atoms with Crippen LogP contribution in [0, 0.1) is 16.7 Å². The highest BCUT2D eigenvalue weighted by atomic mass is 16.5. The molecule has 0 amide bonds. The second-order valence-corrected chi connectivity index (χ2v) is 7.90. The Kier molecular flexibility index (Phi) is 5.37. The van der Waals surface area contributed by atoms with Crippen LogP contribution in [0.3, 0.4) is 0 Å². The number of Topliss-reactive ketones (excluding diaryl/α,β-unsaturated/α-hetero) is 1. The molecule has 0 bridgehead atoms. The fourth-order valence-electron chi connectivity index (χ4n) is 4.04. The van der Waals surface area contributed by atoms with Gasteiger partial charge in [-0.3, -0.25) is 4.79 Å². The summed E-state index contributed by atoms with van der Waals surface area (Å²) in [5.41, 5.74) is 8.52. The molecule has 0 saturated carbocycles. The first-order chi connectivity index (χ1) is 13.3. The predicted octanol–water partition coefficient (Wildman–Crippen LogP) is 3.51. The highest BCUT2D eigenvalue weighted by Gasteiger charge is 2.42. The third kappa shape index (κ3) is 3.57. The molecule has 3 rings (SSSR count). The summed E-state index contributed by atoms with van der Waals surface area (Å²) in [6.07, 6.45) is 1.12. The third-order valence-electron chi connectivity index (χ3n) is 5.10. The highest BCUT2D eigenvalue weighted by molar-refractivity contribution is 6.00. The summed E-state index contributed by atoms with van der Waals surface area (Å²) in [7, 11) is 0. The Hall–Kier alpha value is -2.94. The van der Waals surface area contributed by atoms with Crippen LogP contribution in [0.2, 0.25) is 0 Å². The van der Waals surface area contributed by atoms with Gasteiger partial charge in [0.15, 0.2) is 5.78 Å². The lowest BCUT2D eigenvalue weighted by Crippen LogP contribution is -2.39. The Morgan fingerprint density at radius 2 is 1.96 bits per heavy atom. The van der Waals surface area contributed by atoms with Gasteiger partial charge in [0.2, 0.25) is 0 Å². The van der Waals surface area contributed by atoms with Gasteiger partial charge >= 0.3 is 0 Å². The van der Waals surface area contributed by atoms with Crippen LogP contribution in [-0.4, -0.2) is 19.0 Å². The molecule has 3 N–H and O–H groups in total. The van der Waals surface area contributed by atoms with Gasteiger partial charge in [0, 0.05) is 23.3 Å². The van der Waals surface area contributed by atoms with E-state index in [1.165, 1.54) is 0 Å². The van der Waals surface area contributed by atoms with Gasteiger partial charge in [-0.2, -0.15) is 5.26 Å². The molecule has 0 spiro atoms. The first-order valence-electron chi connectivity index (χ1n) is 9.63. The number of nitrogens with zero attached hydrogens (tertiary/aromatic N) is 1. The molecule has 0 radical (unpaired) electrons. The molecule has 28 heavy (non-hydrogen) atoms. The number of nitriles is 1. The van der Waals surface area contributed by atoms with Crippen LogP contribution in [0.4, 0.5) is 0 Å². The molecule has 0 fully saturated rings. The Morgan fingerprint density at radius 1 is 1.25 bits per heavy atom. The molecule has 148 valence electrons. The van der Waals surface area contributed by atoms with E-state index in [4.69, 9.17) is 15.2 Å². The number of dihydropyridines is 1. The van der Waals surface area contributed by atoms with E-state index in [0.29, 0.717) is 54.5 Å². The summed E-state index contributed by atoms with van der Waals surface area (Å²) in [5.74, 6) is 1.06. The van der Waals surface area contributed by atoms with Crippen molar-refractivity contribution in [1.82, 2.24) is 5.32 Å². The fourth-order valence-corrected chi connectivity index (χ4v) is 4.04. The Balaban J connectivity index is 2.23. The molecule has 0 aromatic heterocycles.